The van der Waals surface area contributed by atoms with Crippen molar-refractivity contribution in [2.75, 3.05) is 5.32 Å². The Kier molecular flexibility index (Phi) is 4.02. The number of rotatable bonds is 3. The number of hydrogen-bond donors (Lipinski definition) is 1. The molecule has 0 aliphatic heterocycles. The van der Waals surface area contributed by atoms with Crippen LogP contribution in [-0.4, -0.2) is 0 Å². The van der Waals surface area contributed by atoms with Crippen LogP contribution in [-0.2, 0) is 12.7 Å². The molecule has 1 N–H and O–H groups in total. The Morgan fingerprint density at radius 1 is 0.900 bits per heavy atom. The Morgan fingerprint density at radius 2 is 1.55 bits per heavy atom. The molecule has 0 saturated carbocycles. The summed E-state index contributed by atoms with van der Waals surface area (Å²) >= 11 is 0. The van der Waals surface area contributed by atoms with Crippen molar-refractivity contribution in [3.05, 3.63) is 64.7 Å². The lowest BCUT2D eigenvalue weighted by Gasteiger charge is -2.10. The monoisotopic (exact) mass is 279 g/mol. The molecule has 0 atom stereocenters. The Labute approximate surface area is 116 Å². The normalized spacial score (nSPS) is 11.4. The third kappa shape index (κ3) is 3.53. The minimum absolute atomic E-state index is 0.501. The van der Waals surface area contributed by atoms with Crippen LogP contribution in [0.2, 0.25) is 0 Å². The summed E-state index contributed by atoms with van der Waals surface area (Å²) in [7, 11) is 0. The third-order valence-corrected chi connectivity index (χ3v) is 3.28. The van der Waals surface area contributed by atoms with Gasteiger partial charge in [-0.3, -0.25) is 0 Å². The molecular weight excluding hydrogens is 263 g/mol. The van der Waals surface area contributed by atoms with Crippen LogP contribution in [0.3, 0.4) is 0 Å². The average Bonchev–Trinajstić information content (AvgIpc) is 2.40. The van der Waals surface area contributed by atoms with Crippen LogP contribution >= 0.6 is 0 Å². The van der Waals surface area contributed by atoms with E-state index in [1.807, 2.05) is 32.0 Å². The minimum atomic E-state index is -4.28. The summed E-state index contributed by atoms with van der Waals surface area (Å²) in [5, 5.41) is 3.21. The zero-order valence-electron chi connectivity index (χ0n) is 11.4. The smallest absolute Gasteiger partial charge is 0.381 e. The molecular formula is C16H16F3N. The minimum Gasteiger partial charge on any atom is -0.381 e. The molecule has 1 nitrogen and oxygen atoms in total. The number of halogens is 3. The van der Waals surface area contributed by atoms with Gasteiger partial charge in [0, 0.05) is 12.2 Å². The number of hydrogen-bond acceptors (Lipinski definition) is 1. The van der Waals surface area contributed by atoms with Crippen LogP contribution < -0.4 is 5.32 Å². The molecule has 20 heavy (non-hydrogen) atoms. The number of nitrogens with one attached hydrogen (secondary N) is 1. The summed E-state index contributed by atoms with van der Waals surface area (Å²) in [4.78, 5) is 0. The van der Waals surface area contributed by atoms with Gasteiger partial charge in [0.1, 0.15) is 0 Å². The first-order valence-electron chi connectivity index (χ1n) is 6.33. The fraction of sp³-hybridized carbons (Fsp3) is 0.250. The Bertz CT molecular complexity index is 586. The molecule has 0 amide bonds. The van der Waals surface area contributed by atoms with Gasteiger partial charge in [-0.15, -0.1) is 0 Å². The molecule has 0 unspecified atom stereocenters. The molecule has 0 aliphatic carbocycles. The topological polar surface area (TPSA) is 12.0 Å². The highest BCUT2D eigenvalue weighted by atomic mass is 19.4. The van der Waals surface area contributed by atoms with Crippen molar-refractivity contribution in [1.29, 1.82) is 0 Å². The van der Waals surface area contributed by atoms with Gasteiger partial charge in [0.25, 0.3) is 0 Å². The van der Waals surface area contributed by atoms with Gasteiger partial charge in [0.2, 0.25) is 0 Å². The molecule has 2 rings (SSSR count). The predicted octanol–water partition coefficient (Wildman–Crippen LogP) is 4.93. The van der Waals surface area contributed by atoms with Gasteiger partial charge < -0.3 is 5.32 Å². The van der Waals surface area contributed by atoms with Crippen LogP contribution in [0, 0.1) is 13.8 Å². The van der Waals surface area contributed by atoms with E-state index in [1.165, 1.54) is 23.3 Å². The third-order valence-electron chi connectivity index (χ3n) is 3.28. The molecule has 2 aromatic rings. The molecule has 0 spiro atoms. The Morgan fingerprint density at radius 3 is 2.10 bits per heavy atom. The first-order chi connectivity index (χ1) is 9.36. The van der Waals surface area contributed by atoms with Crippen LogP contribution in [0.4, 0.5) is 18.9 Å². The van der Waals surface area contributed by atoms with Crippen LogP contribution in [0.1, 0.15) is 22.3 Å². The summed E-state index contributed by atoms with van der Waals surface area (Å²) in [5.74, 6) is 0. The molecule has 0 aliphatic rings. The second kappa shape index (κ2) is 5.57. The van der Waals surface area contributed by atoms with Crippen LogP contribution in [0.15, 0.2) is 42.5 Å². The fourth-order valence-corrected chi connectivity index (χ4v) is 1.87. The average molecular weight is 279 g/mol. The van der Waals surface area contributed by atoms with Crippen molar-refractivity contribution in [1.82, 2.24) is 0 Å². The number of aryl methyl sites for hydroxylation is 2. The highest BCUT2D eigenvalue weighted by Gasteiger charge is 2.29. The Balaban J connectivity index is 2.02. The molecule has 2 aromatic carbocycles. The molecule has 0 fully saturated rings. The second-order valence-corrected chi connectivity index (χ2v) is 4.85. The molecule has 0 heterocycles. The van der Waals surface area contributed by atoms with E-state index < -0.39 is 11.7 Å². The van der Waals surface area contributed by atoms with Crippen LogP contribution in [0.5, 0.6) is 0 Å². The quantitative estimate of drug-likeness (QED) is 0.839. The van der Waals surface area contributed by atoms with E-state index >= 15 is 0 Å². The van der Waals surface area contributed by atoms with Crippen molar-refractivity contribution < 1.29 is 13.2 Å². The van der Waals surface area contributed by atoms with Gasteiger partial charge >= 0.3 is 6.18 Å². The first-order valence-corrected chi connectivity index (χ1v) is 6.33. The van der Waals surface area contributed by atoms with Gasteiger partial charge in [-0.05, 0) is 54.8 Å². The highest BCUT2D eigenvalue weighted by Crippen LogP contribution is 2.29. The molecule has 0 aromatic heterocycles. The van der Waals surface area contributed by atoms with Crippen molar-refractivity contribution in [2.24, 2.45) is 0 Å². The highest BCUT2D eigenvalue weighted by molar-refractivity contribution is 5.48. The predicted molar refractivity (Wildman–Crippen MR) is 74.7 cm³/mol. The van der Waals surface area contributed by atoms with Gasteiger partial charge in [-0.25, -0.2) is 0 Å². The van der Waals surface area contributed by atoms with Crippen molar-refractivity contribution in [2.45, 2.75) is 26.6 Å². The second-order valence-electron chi connectivity index (χ2n) is 4.85. The van der Waals surface area contributed by atoms with Gasteiger partial charge in [0.05, 0.1) is 5.56 Å². The lowest BCUT2D eigenvalue weighted by atomic mass is 10.1. The summed E-state index contributed by atoms with van der Waals surface area (Å²) in [6.07, 6.45) is -4.28. The lowest BCUT2D eigenvalue weighted by Crippen LogP contribution is -2.05. The van der Waals surface area contributed by atoms with E-state index in [0.717, 1.165) is 23.4 Å². The summed E-state index contributed by atoms with van der Waals surface area (Å²) in [5.41, 5.74) is 3.56. The Hall–Kier alpha value is -1.97. The maximum absolute atomic E-state index is 12.4. The fourth-order valence-electron chi connectivity index (χ4n) is 1.87. The van der Waals surface area contributed by atoms with Crippen LogP contribution in [0.25, 0.3) is 0 Å². The van der Waals surface area contributed by atoms with E-state index in [-0.39, 0.29) is 0 Å². The van der Waals surface area contributed by atoms with E-state index in [9.17, 15) is 13.2 Å². The zero-order chi connectivity index (χ0) is 14.8. The van der Waals surface area contributed by atoms with Crippen molar-refractivity contribution in [3.63, 3.8) is 0 Å². The van der Waals surface area contributed by atoms with E-state index in [4.69, 9.17) is 0 Å². The van der Waals surface area contributed by atoms with Crippen molar-refractivity contribution in [3.8, 4) is 0 Å². The van der Waals surface area contributed by atoms with E-state index in [1.54, 1.807) is 0 Å². The summed E-state index contributed by atoms with van der Waals surface area (Å²) in [6, 6.07) is 11.2. The largest absolute Gasteiger partial charge is 0.416 e. The van der Waals surface area contributed by atoms with E-state index in [2.05, 4.69) is 5.32 Å². The number of benzene rings is 2. The first kappa shape index (κ1) is 14.4. The summed E-state index contributed by atoms with van der Waals surface area (Å²) < 4.78 is 37.3. The zero-order valence-corrected chi connectivity index (χ0v) is 11.4. The lowest BCUT2D eigenvalue weighted by molar-refractivity contribution is -0.137. The standard InChI is InChI=1S/C16H16F3N/c1-11-3-8-15(9-12(11)2)20-10-13-4-6-14(7-5-13)16(17,18)19/h3-9,20H,10H2,1-2H3. The van der Waals surface area contributed by atoms with Gasteiger partial charge in [-0.2, -0.15) is 13.2 Å². The van der Waals surface area contributed by atoms with Gasteiger partial charge in [-0.1, -0.05) is 18.2 Å². The van der Waals surface area contributed by atoms with Crippen molar-refractivity contribution >= 4 is 5.69 Å². The maximum atomic E-state index is 12.4. The maximum Gasteiger partial charge on any atom is 0.416 e. The molecule has 106 valence electrons. The summed E-state index contributed by atoms with van der Waals surface area (Å²) in [6.45, 7) is 4.56. The molecule has 4 heteroatoms. The number of anilines is 1. The molecule has 0 saturated heterocycles. The number of alkyl halides is 3. The van der Waals surface area contributed by atoms with E-state index in [0.29, 0.717) is 6.54 Å². The van der Waals surface area contributed by atoms with Gasteiger partial charge in [0.15, 0.2) is 0 Å². The SMILES string of the molecule is Cc1ccc(NCc2ccc(C(F)(F)F)cc2)cc1C. The molecule has 0 radical (unpaired) electrons. The molecule has 0 bridgehead atoms.